The average molecular weight is 500 g/mol. The first-order valence-electron chi connectivity index (χ1n) is 10.5. The maximum absolute atomic E-state index is 13.2. The molecule has 3 aromatic carbocycles. The molecule has 0 aromatic heterocycles. The van der Waals surface area contributed by atoms with E-state index in [-0.39, 0.29) is 24.1 Å². The normalized spacial score (nSPS) is 17.1. The summed E-state index contributed by atoms with van der Waals surface area (Å²) in [6, 6.07) is 18.3. The molecule has 34 heavy (non-hydrogen) atoms. The van der Waals surface area contributed by atoms with Crippen molar-refractivity contribution in [3.63, 3.8) is 0 Å². The van der Waals surface area contributed by atoms with Gasteiger partial charge in [-0.3, -0.25) is 14.5 Å². The number of amidine groups is 1. The lowest BCUT2D eigenvalue weighted by Crippen LogP contribution is -2.46. The molecule has 0 spiro atoms. The van der Waals surface area contributed by atoms with Crippen molar-refractivity contribution < 1.29 is 18.4 Å². The van der Waals surface area contributed by atoms with E-state index in [4.69, 9.17) is 11.6 Å². The first-order chi connectivity index (χ1) is 16.4. The molecule has 2 amide bonds. The third kappa shape index (κ3) is 6.21. The molecule has 3 aromatic rings. The van der Waals surface area contributed by atoms with Gasteiger partial charge in [0.25, 0.3) is 0 Å². The molecule has 1 saturated heterocycles. The summed E-state index contributed by atoms with van der Waals surface area (Å²) in [4.78, 5) is 32.1. The molecule has 1 atom stereocenters. The molecule has 0 bridgehead atoms. The van der Waals surface area contributed by atoms with E-state index >= 15 is 0 Å². The SMILES string of the molecule is O=C(Nc1ccc(F)cc1)[C@@H]1CC(=O)N(CCc2ccc(F)cc2)C(=Nc2ccc(Cl)cc2)S1. The van der Waals surface area contributed by atoms with Crippen molar-refractivity contribution in [2.45, 2.75) is 18.1 Å². The summed E-state index contributed by atoms with van der Waals surface area (Å²) >= 11 is 7.15. The third-order valence-corrected chi connectivity index (χ3v) is 6.57. The summed E-state index contributed by atoms with van der Waals surface area (Å²) in [7, 11) is 0. The summed E-state index contributed by atoms with van der Waals surface area (Å²) < 4.78 is 26.4. The van der Waals surface area contributed by atoms with Crippen LogP contribution in [0.3, 0.4) is 0 Å². The quantitative estimate of drug-likeness (QED) is 0.465. The van der Waals surface area contributed by atoms with Crippen LogP contribution in [-0.2, 0) is 16.0 Å². The topological polar surface area (TPSA) is 61.8 Å². The Kier molecular flexibility index (Phi) is 7.59. The summed E-state index contributed by atoms with van der Waals surface area (Å²) in [5.41, 5.74) is 1.90. The Morgan fingerprint density at radius 2 is 1.62 bits per heavy atom. The third-order valence-electron chi connectivity index (χ3n) is 5.13. The molecule has 1 aliphatic heterocycles. The largest absolute Gasteiger partial charge is 0.325 e. The van der Waals surface area contributed by atoms with Gasteiger partial charge in [-0.15, -0.1) is 0 Å². The fraction of sp³-hybridized carbons (Fsp3) is 0.160. The van der Waals surface area contributed by atoms with E-state index in [2.05, 4.69) is 10.3 Å². The molecular weight excluding hydrogens is 480 g/mol. The number of hydrogen-bond donors (Lipinski definition) is 1. The van der Waals surface area contributed by atoms with Crippen LogP contribution in [0.15, 0.2) is 77.8 Å². The van der Waals surface area contributed by atoms with Gasteiger partial charge in [-0.05, 0) is 72.6 Å². The fourth-order valence-electron chi connectivity index (χ4n) is 3.34. The van der Waals surface area contributed by atoms with E-state index in [0.717, 1.165) is 5.56 Å². The van der Waals surface area contributed by atoms with Crippen LogP contribution in [0.25, 0.3) is 0 Å². The molecule has 1 N–H and O–H groups in total. The number of benzene rings is 3. The van der Waals surface area contributed by atoms with Gasteiger partial charge in [-0.2, -0.15) is 0 Å². The summed E-state index contributed by atoms with van der Waals surface area (Å²) in [6.45, 7) is 0.330. The smallest absolute Gasteiger partial charge is 0.238 e. The molecule has 5 nitrogen and oxygen atoms in total. The standard InChI is InChI=1S/C25H20ClF2N3O2S/c26-17-3-9-21(10-4-17)30-25-31(14-13-16-1-5-18(27)6-2-16)23(32)15-22(34-25)24(33)29-20-11-7-19(28)8-12-20/h1-12,22H,13-15H2,(H,29,33)/t22-/m0/s1. The Morgan fingerprint density at radius 3 is 2.26 bits per heavy atom. The van der Waals surface area contributed by atoms with E-state index in [9.17, 15) is 18.4 Å². The van der Waals surface area contributed by atoms with Crippen molar-refractivity contribution in [2.24, 2.45) is 4.99 Å². The van der Waals surface area contributed by atoms with Gasteiger partial charge < -0.3 is 5.32 Å². The minimum atomic E-state index is -0.703. The number of nitrogens with one attached hydrogen (secondary N) is 1. The second kappa shape index (κ2) is 10.8. The van der Waals surface area contributed by atoms with Gasteiger partial charge in [0, 0.05) is 23.7 Å². The van der Waals surface area contributed by atoms with Crippen LogP contribution >= 0.6 is 23.4 Å². The van der Waals surface area contributed by atoms with Crippen molar-refractivity contribution in [1.82, 2.24) is 4.90 Å². The highest BCUT2D eigenvalue weighted by Gasteiger charge is 2.35. The van der Waals surface area contributed by atoms with Crippen LogP contribution in [0.1, 0.15) is 12.0 Å². The number of thioether (sulfide) groups is 1. The second-order valence-electron chi connectivity index (χ2n) is 7.60. The minimum absolute atomic E-state index is 0.0131. The van der Waals surface area contributed by atoms with Gasteiger partial charge in [-0.1, -0.05) is 35.5 Å². The summed E-state index contributed by atoms with van der Waals surface area (Å²) in [5, 5.41) is 2.97. The lowest BCUT2D eigenvalue weighted by Gasteiger charge is -2.32. The number of halogens is 3. The zero-order chi connectivity index (χ0) is 24.1. The summed E-state index contributed by atoms with van der Waals surface area (Å²) in [6.07, 6.45) is 0.486. The maximum Gasteiger partial charge on any atom is 0.238 e. The first kappa shape index (κ1) is 23.9. The molecule has 4 rings (SSSR count). The van der Waals surface area contributed by atoms with E-state index in [1.807, 2.05) is 0 Å². The molecule has 1 aliphatic rings. The number of carbonyl (C=O) groups is 2. The van der Waals surface area contributed by atoms with Crippen LogP contribution in [0.5, 0.6) is 0 Å². The fourth-order valence-corrected chi connectivity index (χ4v) is 4.59. The van der Waals surface area contributed by atoms with Crippen molar-refractivity contribution in [3.8, 4) is 0 Å². The van der Waals surface area contributed by atoms with Crippen molar-refractivity contribution in [3.05, 3.63) is 95.0 Å². The van der Waals surface area contributed by atoms with Crippen LogP contribution in [-0.4, -0.2) is 33.7 Å². The van der Waals surface area contributed by atoms with Crippen molar-refractivity contribution in [1.29, 1.82) is 0 Å². The number of nitrogens with zero attached hydrogens (tertiary/aromatic N) is 2. The monoisotopic (exact) mass is 499 g/mol. The van der Waals surface area contributed by atoms with E-state index in [1.165, 1.54) is 48.2 Å². The molecule has 0 radical (unpaired) electrons. The molecule has 0 unspecified atom stereocenters. The van der Waals surface area contributed by atoms with Crippen LogP contribution < -0.4 is 5.32 Å². The van der Waals surface area contributed by atoms with E-state index < -0.39 is 11.1 Å². The average Bonchev–Trinajstić information content (AvgIpc) is 2.82. The van der Waals surface area contributed by atoms with Gasteiger partial charge in [0.1, 0.15) is 16.9 Å². The van der Waals surface area contributed by atoms with Crippen molar-refractivity contribution >= 4 is 51.7 Å². The zero-order valence-electron chi connectivity index (χ0n) is 17.9. The highest BCUT2D eigenvalue weighted by Crippen LogP contribution is 2.30. The number of anilines is 1. The lowest BCUT2D eigenvalue weighted by molar-refractivity contribution is -0.129. The molecule has 0 aliphatic carbocycles. The summed E-state index contributed by atoms with van der Waals surface area (Å²) in [5.74, 6) is -1.34. The number of hydrogen-bond acceptors (Lipinski definition) is 4. The number of aliphatic imine (C=N–C) groups is 1. The first-order valence-corrected chi connectivity index (χ1v) is 11.8. The number of carbonyl (C=O) groups excluding carboxylic acids is 2. The van der Waals surface area contributed by atoms with E-state index in [0.29, 0.717) is 34.5 Å². The van der Waals surface area contributed by atoms with E-state index in [1.54, 1.807) is 41.3 Å². The highest BCUT2D eigenvalue weighted by atomic mass is 35.5. The molecule has 9 heteroatoms. The van der Waals surface area contributed by atoms with Crippen molar-refractivity contribution in [2.75, 3.05) is 11.9 Å². The Hall–Kier alpha value is -3.23. The lowest BCUT2D eigenvalue weighted by atomic mass is 10.1. The maximum atomic E-state index is 13.2. The molecule has 0 saturated carbocycles. The van der Waals surface area contributed by atoms with Crippen LogP contribution in [0, 0.1) is 11.6 Å². The minimum Gasteiger partial charge on any atom is -0.325 e. The van der Waals surface area contributed by atoms with Gasteiger partial charge in [0.15, 0.2) is 5.17 Å². The molecular formula is C25H20ClF2N3O2S. The molecule has 1 heterocycles. The molecule has 1 fully saturated rings. The second-order valence-corrected chi connectivity index (χ2v) is 9.21. The Bertz CT molecular complexity index is 1200. The van der Waals surface area contributed by atoms with Crippen LogP contribution in [0.4, 0.5) is 20.2 Å². The predicted molar refractivity (Wildman–Crippen MR) is 131 cm³/mol. The highest BCUT2D eigenvalue weighted by molar-refractivity contribution is 8.15. The zero-order valence-corrected chi connectivity index (χ0v) is 19.5. The predicted octanol–water partition coefficient (Wildman–Crippen LogP) is 5.82. The van der Waals surface area contributed by atoms with Gasteiger partial charge in [0.2, 0.25) is 11.8 Å². The molecule has 174 valence electrons. The Balaban J connectivity index is 1.54. The van der Waals surface area contributed by atoms with Gasteiger partial charge in [-0.25, -0.2) is 13.8 Å². The number of rotatable bonds is 6. The Morgan fingerprint density at radius 1 is 1.00 bits per heavy atom. The number of amides is 2. The van der Waals surface area contributed by atoms with Gasteiger partial charge in [0.05, 0.1) is 5.69 Å². The van der Waals surface area contributed by atoms with Gasteiger partial charge >= 0.3 is 0 Å². The van der Waals surface area contributed by atoms with Crippen LogP contribution in [0.2, 0.25) is 5.02 Å². The Labute approximate surface area is 204 Å².